The van der Waals surface area contributed by atoms with Gasteiger partial charge in [-0.05, 0) is 50.2 Å². The Kier molecular flexibility index (Phi) is 4.96. The lowest BCUT2D eigenvalue weighted by molar-refractivity contribution is 0.173. The molecule has 29 heavy (non-hydrogen) atoms. The smallest absolute Gasteiger partial charge is 0.240 e. The summed E-state index contributed by atoms with van der Waals surface area (Å²) in [7, 11) is 0. The number of benzene rings is 2. The fourth-order valence-electron chi connectivity index (χ4n) is 3.67. The van der Waals surface area contributed by atoms with Gasteiger partial charge in [0.15, 0.2) is 18.1 Å². The minimum atomic E-state index is 0.299. The SMILES string of the molecule is c1ccc(OCc2noc(CN3CCC(c4nc5ccccc5o4)CC3)n2)cc1. The maximum absolute atomic E-state index is 5.94. The average Bonchev–Trinajstić information content (AvgIpc) is 3.40. The molecule has 1 saturated heterocycles. The molecule has 0 amide bonds. The second-order valence-electron chi connectivity index (χ2n) is 7.28. The van der Waals surface area contributed by atoms with Crippen molar-refractivity contribution in [2.75, 3.05) is 13.1 Å². The van der Waals surface area contributed by atoms with Gasteiger partial charge in [0.2, 0.25) is 11.7 Å². The molecule has 0 radical (unpaired) electrons. The number of para-hydroxylation sites is 3. The van der Waals surface area contributed by atoms with Crippen LogP contribution in [0.25, 0.3) is 11.1 Å². The largest absolute Gasteiger partial charge is 0.485 e. The number of likely N-dealkylation sites (tertiary alicyclic amines) is 1. The standard InChI is InChI=1S/C22H22N4O3/c1-2-6-17(7-3-1)27-15-20-24-21(29-25-20)14-26-12-10-16(11-13-26)22-23-18-8-4-5-9-19(18)28-22/h1-9,16H,10-15H2. The van der Waals surface area contributed by atoms with Gasteiger partial charge in [-0.1, -0.05) is 35.5 Å². The highest BCUT2D eigenvalue weighted by Crippen LogP contribution is 2.30. The van der Waals surface area contributed by atoms with E-state index < -0.39 is 0 Å². The number of piperidine rings is 1. The Morgan fingerprint density at radius 2 is 1.76 bits per heavy atom. The van der Waals surface area contributed by atoms with Gasteiger partial charge in [0.25, 0.3) is 0 Å². The summed E-state index contributed by atoms with van der Waals surface area (Å²) < 4.78 is 17.0. The van der Waals surface area contributed by atoms with E-state index in [1.165, 1.54) is 0 Å². The van der Waals surface area contributed by atoms with Gasteiger partial charge in [-0.25, -0.2) is 4.98 Å². The van der Waals surface area contributed by atoms with E-state index in [4.69, 9.17) is 13.7 Å². The van der Waals surface area contributed by atoms with E-state index in [0.717, 1.165) is 48.7 Å². The van der Waals surface area contributed by atoms with Crippen LogP contribution in [0.3, 0.4) is 0 Å². The van der Waals surface area contributed by atoms with Crippen LogP contribution < -0.4 is 4.74 Å². The molecule has 0 aliphatic carbocycles. The van der Waals surface area contributed by atoms with Gasteiger partial charge in [0.1, 0.15) is 11.3 Å². The highest BCUT2D eigenvalue weighted by molar-refractivity contribution is 5.72. The summed E-state index contributed by atoms with van der Waals surface area (Å²) in [6.07, 6.45) is 2.01. The van der Waals surface area contributed by atoms with Gasteiger partial charge in [0.05, 0.1) is 6.54 Å². The van der Waals surface area contributed by atoms with Crippen molar-refractivity contribution in [1.29, 1.82) is 0 Å². The molecule has 0 spiro atoms. The molecule has 0 bridgehead atoms. The molecule has 2 aromatic heterocycles. The lowest BCUT2D eigenvalue weighted by atomic mass is 9.97. The van der Waals surface area contributed by atoms with Crippen LogP contribution in [0.5, 0.6) is 5.75 Å². The minimum Gasteiger partial charge on any atom is -0.485 e. The van der Waals surface area contributed by atoms with Crippen LogP contribution in [0.4, 0.5) is 0 Å². The summed E-state index contributed by atoms with van der Waals surface area (Å²) in [5.41, 5.74) is 1.79. The van der Waals surface area contributed by atoms with Gasteiger partial charge in [-0.2, -0.15) is 4.98 Å². The second-order valence-corrected chi connectivity index (χ2v) is 7.28. The zero-order valence-electron chi connectivity index (χ0n) is 16.0. The van der Waals surface area contributed by atoms with E-state index in [1.807, 2.05) is 54.6 Å². The summed E-state index contributed by atoms with van der Waals surface area (Å²) >= 11 is 0. The number of hydrogen-bond acceptors (Lipinski definition) is 7. The van der Waals surface area contributed by atoms with E-state index in [0.29, 0.717) is 30.8 Å². The van der Waals surface area contributed by atoms with Gasteiger partial charge in [-0.15, -0.1) is 0 Å². The third kappa shape index (κ3) is 4.14. The Morgan fingerprint density at radius 1 is 0.966 bits per heavy atom. The number of rotatable bonds is 6. The van der Waals surface area contributed by atoms with Crippen molar-refractivity contribution in [3.05, 3.63) is 72.2 Å². The Balaban J connectivity index is 1.13. The number of aromatic nitrogens is 3. The molecule has 4 aromatic rings. The average molecular weight is 390 g/mol. The van der Waals surface area contributed by atoms with Crippen molar-refractivity contribution in [2.24, 2.45) is 0 Å². The molecule has 1 aliphatic heterocycles. The molecule has 0 N–H and O–H groups in total. The summed E-state index contributed by atoms with van der Waals surface area (Å²) in [5.74, 6) is 3.18. The number of fused-ring (bicyclic) bond motifs is 1. The van der Waals surface area contributed by atoms with Crippen LogP contribution in [0.1, 0.15) is 36.4 Å². The topological polar surface area (TPSA) is 77.4 Å². The fraction of sp³-hybridized carbons (Fsp3) is 0.318. The van der Waals surface area contributed by atoms with Gasteiger partial charge in [-0.3, -0.25) is 4.90 Å². The Hall–Kier alpha value is -3.19. The Labute approximate surface area is 168 Å². The van der Waals surface area contributed by atoms with E-state index in [-0.39, 0.29) is 0 Å². The van der Waals surface area contributed by atoms with Crippen molar-refractivity contribution < 1.29 is 13.7 Å². The third-order valence-electron chi connectivity index (χ3n) is 5.23. The number of hydrogen-bond donors (Lipinski definition) is 0. The summed E-state index contributed by atoms with van der Waals surface area (Å²) in [6, 6.07) is 17.5. The monoisotopic (exact) mass is 390 g/mol. The third-order valence-corrected chi connectivity index (χ3v) is 5.23. The molecule has 5 rings (SSSR count). The molecule has 3 heterocycles. The fourth-order valence-corrected chi connectivity index (χ4v) is 3.67. The van der Waals surface area contributed by atoms with Crippen LogP contribution in [-0.4, -0.2) is 33.1 Å². The molecule has 148 valence electrons. The molecular weight excluding hydrogens is 368 g/mol. The van der Waals surface area contributed by atoms with Crippen LogP contribution in [0, 0.1) is 0 Å². The highest BCUT2D eigenvalue weighted by Gasteiger charge is 2.25. The number of oxazole rings is 1. The van der Waals surface area contributed by atoms with E-state index in [2.05, 4.69) is 20.0 Å². The lowest BCUT2D eigenvalue weighted by Crippen LogP contribution is -2.32. The van der Waals surface area contributed by atoms with Crippen molar-refractivity contribution in [1.82, 2.24) is 20.0 Å². The van der Waals surface area contributed by atoms with Crippen LogP contribution in [0.15, 0.2) is 63.5 Å². The van der Waals surface area contributed by atoms with Gasteiger partial charge >= 0.3 is 0 Å². The summed E-state index contributed by atoms with van der Waals surface area (Å²) in [5, 5.41) is 4.02. The first-order valence-corrected chi connectivity index (χ1v) is 9.90. The quantitative estimate of drug-likeness (QED) is 0.489. The van der Waals surface area contributed by atoms with Crippen LogP contribution in [0.2, 0.25) is 0 Å². The van der Waals surface area contributed by atoms with E-state index >= 15 is 0 Å². The van der Waals surface area contributed by atoms with Crippen molar-refractivity contribution in [3.63, 3.8) is 0 Å². The van der Waals surface area contributed by atoms with Crippen molar-refractivity contribution in [3.8, 4) is 5.75 Å². The summed E-state index contributed by atoms with van der Waals surface area (Å²) in [6.45, 7) is 2.84. The van der Waals surface area contributed by atoms with Crippen LogP contribution >= 0.6 is 0 Å². The molecule has 7 heteroatoms. The second kappa shape index (κ2) is 8.05. The van der Waals surface area contributed by atoms with Crippen LogP contribution in [-0.2, 0) is 13.2 Å². The molecule has 1 aliphatic rings. The number of ether oxygens (including phenoxy) is 1. The summed E-state index contributed by atoms with van der Waals surface area (Å²) in [4.78, 5) is 11.4. The Bertz CT molecular complexity index is 1030. The molecule has 0 atom stereocenters. The van der Waals surface area contributed by atoms with E-state index in [9.17, 15) is 0 Å². The molecule has 0 saturated carbocycles. The minimum absolute atomic E-state index is 0.299. The maximum Gasteiger partial charge on any atom is 0.240 e. The highest BCUT2D eigenvalue weighted by atomic mass is 16.5. The molecule has 7 nitrogen and oxygen atoms in total. The lowest BCUT2D eigenvalue weighted by Gasteiger charge is -2.29. The zero-order valence-corrected chi connectivity index (χ0v) is 16.0. The maximum atomic E-state index is 5.94. The first-order valence-electron chi connectivity index (χ1n) is 9.90. The zero-order chi connectivity index (χ0) is 19.5. The molecule has 1 fully saturated rings. The molecule has 2 aromatic carbocycles. The van der Waals surface area contributed by atoms with Crippen molar-refractivity contribution >= 4 is 11.1 Å². The first kappa shape index (κ1) is 17.9. The first-order chi connectivity index (χ1) is 14.3. The molecular formula is C22H22N4O3. The normalized spacial score (nSPS) is 15.7. The van der Waals surface area contributed by atoms with Gasteiger partial charge < -0.3 is 13.7 Å². The predicted octanol–water partition coefficient (Wildman–Crippen LogP) is 4.17. The Morgan fingerprint density at radius 3 is 2.59 bits per heavy atom. The number of nitrogens with zero attached hydrogens (tertiary/aromatic N) is 4. The van der Waals surface area contributed by atoms with Gasteiger partial charge in [0, 0.05) is 5.92 Å². The van der Waals surface area contributed by atoms with E-state index in [1.54, 1.807) is 0 Å². The van der Waals surface area contributed by atoms with Crippen molar-refractivity contribution in [2.45, 2.75) is 31.9 Å². The predicted molar refractivity (Wildman–Crippen MR) is 106 cm³/mol. The molecule has 0 unspecified atom stereocenters.